The second-order valence-corrected chi connectivity index (χ2v) is 6.15. The zero-order valence-corrected chi connectivity index (χ0v) is 13.8. The minimum atomic E-state index is -0.226. The highest BCUT2D eigenvalue weighted by Gasteiger charge is 2.35. The van der Waals surface area contributed by atoms with E-state index in [1.165, 1.54) is 18.4 Å². The number of rotatable bonds is 5. The first kappa shape index (κ1) is 17.3. The zero-order chi connectivity index (χ0) is 14.7. The van der Waals surface area contributed by atoms with E-state index in [1.54, 1.807) is 0 Å². The maximum Gasteiger partial charge on any atom is 0.240 e. The lowest BCUT2D eigenvalue weighted by molar-refractivity contribution is -0.129. The fourth-order valence-electron chi connectivity index (χ4n) is 3.00. The molecule has 1 amide bonds. The van der Waals surface area contributed by atoms with E-state index in [-0.39, 0.29) is 36.5 Å². The van der Waals surface area contributed by atoms with E-state index in [0.717, 1.165) is 13.0 Å². The van der Waals surface area contributed by atoms with Crippen LogP contribution in [0.2, 0.25) is 0 Å². The molecule has 5 heteroatoms. The minimum Gasteiger partial charge on any atom is -0.375 e. The van der Waals surface area contributed by atoms with Gasteiger partial charge in [-0.15, -0.1) is 12.4 Å². The van der Waals surface area contributed by atoms with Crippen molar-refractivity contribution in [2.75, 3.05) is 13.2 Å². The van der Waals surface area contributed by atoms with Crippen LogP contribution in [-0.2, 0) is 16.0 Å². The number of morpholine rings is 1. The van der Waals surface area contributed by atoms with Crippen molar-refractivity contribution in [2.45, 2.75) is 44.4 Å². The minimum absolute atomic E-state index is 0. The van der Waals surface area contributed by atoms with Gasteiger partial charge in [-0.1, -0.05) is 30.3 Å². The first-order valence-electron chi connectivity index (χ1n) is 7.93. The molecule has 1 saturated heterocycles. The molecule has 1 aliphatic heterocycles. The molecule has 4 nitrogen and oxygen atoms in total. The molecule has 0 aromatic heterocycles. The van der Waals surface area contributed by atoms with Crippen molar-refractivity contribution in [3.8, 4) is 0 Å². The van der Waals surface area contributed by atoms with Gasteiger partial charge in [0.2, 0.25) is 5.91 Å². The van der Waals surface area contributed by atoms with Crippen molar-refractivity contribution in [1.82, 2.24) is 10.6 Å². The van der Waals surface area contributed by atoms with E-state index >= 15 is 0 Å². The molecule has 3 atom stereocenters. The SMILES string of the molecule is C[C@H]1OCCN[C@@H]1C(=O)NC(Cc1ccccc1)C1CC1.Cl. The Kier molecular flexibility index (Phi) is 6.24. The van der Waals surface area contributed by atoms with Gasteiger partial charge >= 0.3 is 0 Å². The van der Waals surface area contributed by atoms with Gasteiger partial charge < -0.3 is 15.4 Å². The molecule has 1 saturated carbocycles. The topological polar surface area (TPSA) is 50.4 Å². The smallest absolute Gasteiger partial charge is 0.240 e. The molecular formula is C17H25ClN2O2. The van der Waals surface area contributed by atoms with Crippen LogP contribution in [0.3, 0.4) is 0 Å². The first-order chi connectivity index (χ1) is 10.2. The Morgan fingerprint density at radius 2 is 2.09 bits per heavy atom. The average molecular weight is 325 g/mol. The predicted octanol–water partition coefficient (Wildman–Crippen LogP) is 1.92. The van der Waals surface area contributed by atoms with E-state index in [4.69, 9.17) is 4.74 Å². The quantitative estimate of drug-likeness (QED) is 0.870. The van der Waals surface area contributed by atoms with Gasteiger partial charge in [0, 0.05) is 12.6 Å². The molecule has 1 aromatic rings. The Balaban J connectivity index is 0.00000176. The summed E-state index contributed by atoms with van der Waals surface area (Å²) in [5, 5.41) is 6.51. The monoisotopic (exact) mass is 324 g/mol. The Labute approximate surface area is 138 Å². The standard InChI is InChI=1S/C17H24N2O2.ClH/c1-12-16(18-9-10-21-12)17(20)19-15(14-7-8-14)11-13-5-3-2-4-6-13;/h2-6,12,14-16,18H,7-11H2,1H3,(H,19,20);1H/t12-,15?,16+;/m1./s1. The van der Waals surface area contributed by atoms with Gasteiger partial charge in [0.1, 0.15) is 6.04 Å². The molecule has 1 aliphatic carbocycles. The van der Waals surface area contributed by atoms with Crippen LogP contribution in [0.5, 0.6) is 0 Å². The van der Waals surface area contributed by atoms with E-state index in [2.05, 4.69) is 34.9 Å². The maximum absolute atomic E-state index is 12.5. The number of amides is 1. The summed E-state index contributed by atoms with van der Waals surface area (Å²) in [6.45, 7) is 3.38. The maximum atomic E-state index is 12.5. The van der Waals surface area contributed by atoms with Crippen LogP contribution in [-0.4, -0.2) is 37.2 Å². The van der Waals surface area contributed by atoms with E-state index < -0.39 is 0 Å². The third-order valence-electron chi connectivity index (χ3n) is 4.42. The number of ether oxygens (including phenoxy) is 1. The van der Waals surface area contributed by atoms with Gasteiger partial charge in [-0.05, 0) is 37.7 Å². The van der Waals surface area contributed by atoms with Crippen molar-refractivity contribution in [3.63, 3.8) is 0 Å². The van der Waals surface area contributed by atoms with Gasteiger partial charge in [0.15, 0.2) is 0 Å². The molecule has 22 heavy (non-hydrogen) atoms. The number of hydrogen-bond acceptors (Lipinski definition) is 3. The third-order valence-corrected chi connectivity index (χ3v) is 4.42. The summed E-state index contributed by atoms with van der Waals surface area (Å²) < 4.78 is 5.56. The molecule has 122 valence electrons. The Morgan fingerprint density at radius 3 is 2.73 bits per heavy atom. The van der Waals surface area contributed by atoms with Gasteiger partial charge in [-0.2, -0.15) is 0 Å². The highest BCUT2D eigenvalue weighted by molar-refractivity contribution is 5.85. The van der Waals surface area contributed by atoms with Crippen molar-refractivity contribution < 1.29 is 9.53 Å². The summed E-state index contributed by atoms with van der Waals surface area (Å²) in [6.07, 6.45) is 3.30. The highest BCUT2D eigenvalue weighted by atomic mass is 35.5. The van der Waals surface area contributed by atoms with Crippen LogP contribution in [0.4, 0.5) is 0 Å². The number of nitrogens with one attached hydrogen (secondary N) is 2. The Bertz CT molecular complexity index is 479. The van der Waals surface area contributed by atoms with Gasteiger partial charge in [-0.3, -0.25) is 4.79 Å². The molecule has 0 radical (unpaired) electrons. The van der Waals surface area contributed by atoms with Crippen molar-refractivity contribution in [3.05, 3.63) is 35.9 Å². The van der Waals surface area contributed by atoms with Crippen LogP contribution in [0.25, 0.3) is 0 Å². The van der Waals surface area contributed by atoms with Crippen LogP contribution >= 0.6 is 12.4 Å². The summed E-state index contributed by atoms with van der Waals surface area (Å²) in [5.74, 6) is 0.712. The van der Waals surface area contributed by atoms with E-state index in [0.29, 0.717) is 12.5 Å². The Hall–Kier alpha value is -1.10. The molecule has 0 spiro atoms. The van der Waals surface area contributed by atoms with Crippen LogP contribution in [0.15, 0.2) is 30.3 Å². The lowest BCUT2D eigenvalue weighted by atomic mass is 10.0. The van der Waals surface area contributed by atoms with E-state index in [9.17, 15) is 4.79 Å². The van der Waals surface area contributed by atoms with Gasteiger partial charge in [-0.25, -0.2) is 0 Å². The van der Waals surface area contributed by atoms with Crippen LogP contribution < -0.4 is 10.6 Å². The number of hydrogen-bond donors (Lipinski definition) is 2. The lowest BCUT2D eigenvalue weighted by Crippen LogP contribution is -2.57. The zero-order valence-electron chi connectivity index (χ0n) is 13.0. The van der Waals surface area contributed by atoms with Crippen LogP contribution in [0, 0.1) is 5.92 Å². The van der Waals surface area contributed by atoms with Crippen LogP contribution in [0.1, 0.15) is 25.3 Å². The third kappa shape index (κ3) is 4.45. The number of halogens is 1. The molecule has 0 bridgehead atoms. The molecule has 1 aromatic carbocycles. The normalized spacial score (nSPS) is 25.9. The van der Waals surface area contributed by atoms with Gasteiger partial charge in [0.25, 0.3) is 0 Å². The highest BCUT2D eigenvalue weighted by Crippen LogP contribution is 2.34. The molecule has 3 rings (SSSR count). The molecule has 2 fully saturated rings. The summed E-state index contributed by atoms with van der Waals surface area (Å²) in [4.78, 5) is 12.5. The van der Waals surface area contributed by atoms with Crippen molar-refractivity contribution in [1.29, 1.82) is 0 Å². The van der Waals surface area contributed by atoms with Gasteiger partial charge in [0.05, 0.1) is 12.7 Å². The fourth-order valence-corrected chi connectivity index (χ4v) is 3.00. The second-order valence-electron chi connectivity index (χ2n) is 6.15. The van der Waals surface area contributed by atoms with E-state index in [1.807, 2.05) is 13.0 Å². The summed E-state index contributed by atoms with van der Waals surface area (Å²) in [7, 11) is 0. The summed E-state index contributed by atoms with van der Waals surface area (Å²) in [6, 6.07) is 10.4. The van der Waals surface area contributed by atoms with Crippen molar-refractivity contribution >= 4 is 18.3 Å². The molecular weight excluding hydrogens is 300 g/mol. The number of benzene rings is 1. The molecule has 2 aliphatic rings. The Morgan fingerprint density at radius 1 is 1.36 bits per heavy atom. The fraction of sp³-hybridized carbons (Fsp3) is 0.588. The lowest BCUT2D eigenvalue weighted by Gasteiger charge is -2.31. The van der Waals surface area contributed by atoms with Crippen molar-refractivity contribution in [2.24, 2.45) is 5.92 Å². The average Bonchev–Trinajstić information content (AvgIpc) is 3.32. The summed E-state index contributed by atoms with van der Waals surface area (Å²) >= 11 is 0. The number of carbonyl (C=O) groups is 1. The second kappa shape index (κ2) is 7.95. The first-order valence-corrected chi connectivity index (χ1v) is 7.93. The summed E-state index contributed by atoms with van der Waals surface area (Å²) in [5.41, 5.74) is 1.29. The molecule has 2 N–H and O–H groups in total. The molecule has 1 unspecified atom stereocenters. The predicted molar refractivity (Wildman–Crippen MR) is 89.3 cm³/mol. The largest absolute Gasteiger partial charge is 0.375 e. The number of carbonyl (C=O) groups excluding carboxylic acids is 1. The molecule has 1 heterocycles.